The molecule has 0 radical (unpaired) electrons. The average molecular weight is 339 g/mol. The minimum absolute atomic E-state index is 0.161. The SMILES string of the molecule is Cc1ccc(C2=NO[C@@H](CNC(=O)[C@H](C)Oc3cccnc3)C2)cc1. The van der Waals surface area contributed by atoms with Gasteiger partial charge in [0.2, 0.25) is 0 Å². The zero-order chi connectivity index (χ0) is 17.6. The number of benzene rings is 1. The zero-order valence-electron chi connectivity index (χ0n) is 14.3. The Morgan fingerprint density at radius 2 is 2.16 bits per heavy atom. The first-order valence-electron chi connectivity index (χ1n) is 8.26. The summed E-state index contributed by atoms with van der Waals surface area (Å²) in [6.45, 7) is 4.13. The minimum Gasteiger partial charge on any atom is -0.479 e. The van der Waals surface area contributed by atoms with E-state index in [1.54, 1.807) is 31.5 Å². The second kappa shape index (κ2) is 7.79. The van der Waals surface area contributed by atoms with Crippen LogP contribution in [0.5, 0.6) is 5.75 Å². The largest absolute Gasteiger partial charge is 0.479 e. The number of rotatable bonds is 6. The number of hydrogen-bond donors (Lipinski definition) is 1. The third-order valence-corrected chi connectivity index (χ3v) is 3.94. The molecule has 1 amide bonds. The molecule has 25 heavy (non-hydrogen) atoms. The van der Waals surface area contributed by atoms with Crippen LogP contribution in [0.2, 0.25) is 0 Å². The molecule has 3 rings (SSSR count). The summed E-state index contributed by atoms with van der Waals surface area (Å²) >= 11 is 0. The van der Waals surface area contributed by atoms with E-state index in [1.807, 2.05) is 31.2 Å². The van der Waals surface area contributed by atoms with Gasteiger partial charge in [-0.25, -0.2) is 0 Å². The summed E-state index contributed by atoms with van der Waals surface area (Å²) < 4.78 is 5.55. The van der Waals surface area contributed by atoms with Gasteiger partial charge in [-0.15, -0.1) is 0 Å². The predicted octanol–water partition coefficient (Wildman–Crippen LogP) is 2.47. The van der Waals surface area contributed by atoms with E-state index in [0.717, 1.165) is 11.3 Å². The maximum absolute atomic E-state index is 12.1. The lowest BCUT2D eigenvalue weighted by Gasteiger charge is -2.15. The number of nitrogens with one attached hydrogen (secondary N) is 1. The molecule has 0 bridgehead atoms. The second-order valence-electron chi connectivity index (χ2n) is 6.03. The highest BCUT2D eigenvalue weighted by Gasteiger charge is 2.24. The molecule has 130 valence electrons. The number of amides is 1. The number of oxime groups is 1. The van der Waals surface area contributed by atoms with Crippen LogP contribution in [-0.2, 0) is 9.63 Å². The van der Waals surface area contributed by atoms with E-state index in [4.69, 9.17) is 9.57 Å². The maximum Gasteiger partial charge on any atom is 0.260 e. The third kappa shape index (κ3) is 4.56. The molecule has 1 aliphatic rings. The molecule has 1 aliphatic heterocycles. The van der Waals surface area contributed by atoms with E-state index >= 15 is 0 Å². The number of hydrogen-bond acceptors (Lipinski definition) is 5. The molecule has 2 heterocycles. The van der Waals surface area contributed by atoms with Crippen LogP contribution in [0.15, 0.2) is 53.9 Å². The van der Waals surface area contributed by atoms with Crippen LogP contribution in [0.25, 0.3) is 0 Å². The molecule has 1 N–H and O–H groups in total. The lowest BCUT2D eigenvalue weighted by Crippen LogP contribution is -2.40. The number of carbonyl (C=O) groups is 1. The molecule has 0 aliphatic carbocycles. The summed E-state index contributed by atoms with van der Waals surface area (Å²) in [7, 11) is 0. The molecular weight excluding hydrogens is 318 g/mol. The molecule has 0 saturated carbocycles. The summed E-state index contributed by atoms with van der Waals surface area (Å²) in [6.07, 6.45) is 3.13. The number of aryl methyl sites for hydroxylation is 1. The van der Waals surface area contributed by atoms with Gasteiger partial charge in [0.15, 0.2) is 6.10 Å². The molecule has 2 aromatic rings. The highest BCUT2D eigenvalue weighted by Crippen LogP contribution is 2.17. The quantitative estimate of drug-likeness (QED) is 0.877. The Morgan fingerprint density at radius 1 is 1.36 bits per heavy atom. The molecule has 0 spiro atoms. The topological polar surface area (TPSA) is 72.8 Å². The van der Waals surface area contributed by atoms with Gasteiger partial charge in [-0.1, -0.05) is 35.0 Å². The van der Waals surface area contributed by atoms with Crippen molar-refractivity contribution in [1.29, 1.82) is 0 Å². The fourth-order valence-electron chi connectivity index (χ4n) is 2.49. The molecule has 0 unspecified atom stereocenters. The van der Waals surface area contributed by atoms with Gasteiger partial charge in [-0.05, 0) is 31.5 Å². The smallest absolute Gasteiger partial charge is 0.260 e. The van der Waals surface area contributed by atoms with Crippen LogP contribution in [0.3, 0.4) is 0 Å². The summed E-state index contributed by atoms with van der Waals surface area (Å²) in [5.41, 5.74) is 3.15. The average Bonchev–Trinajstić information content (AvgIpc) is 3.10. The first kappa shape index (κ1) is 17.0. The molecule has 1 aromatic heterocycles. The van der Waals surface area contributed by atoms with Crippen molar-refractivity contribution in [1.82, 2.24) is 10.3 Å². The number of ether oxygens (including phenoxy) is 1. The van der Waals surface area contributed by atoms with Gasteiger partial charge >= 0.3 is 0 Å². The number of pyridine rings is 1. The van der Waals surface area contributed by atoms with E-state index in [2.05, 4.69) is 15.5 Å². The van der Waals surface area contributed by atoms with Gasteiger partial charge in [0.25, 0.3) is 5.91 Å². The fourth-order valence-corrected chi connectivity index (χ4v) is 2.49. The Morgan fingerprint density at radius 3 is 2.88 bits per heavy atom. The first-order chi connectivity index (χ1) is 12.1. The summed E-state index contributed by atoms with van der Waals surface area (Å²) in [6, 6.07) is 11.7. The van der Waals surface area contributed by atoms with Crippen LogP contribution >= 0.6 is 0 Å². The lowest BCUT2D eigenvalue weighted by atomic mass is 10.0. The van der Waals surface area contributed by atoms with Gasteiger partial charge in [0.05, 0.1) is 18.5 Å². The van der Waals surface area contributed by atoms with E-state index in [0.29, 0.717) is 18.7 Å². The van der Waals surface area contributed by atoms with E-state index in [1.165, 1.54) is 5.56 Å². The lowest BCUT2D eigenvalue weighted by molar-refractivity contribution is -0.127. The Kier molecular flexibility index (Phi) is 5.28. The van der Waals surface area contributed by atoms with Crippen molar-refractivity contribution in [2.45, 2.75) is 32.5 Å². The second-order valence-corrected chi connectivity index (χ2v) is 6.03. The minimum atomic E-state index is -0.608. The molecule has 1 aromatic carbocycles. The van der Waals surface area contributed by atoms with Crippen LogP contribution < -0.4 is 10.1 Å². The van der Waals surface area contributed by atoms with Gasteiger partial charge < -0.3 is 14.9 Å². The number of carbonyl (C=O) groups excluding carboxylic acids is 1. The standard InChI is InChI=1S/C19H21N3O3/c1-13-5-7-15(8-6-13)18-10-17(25-22-18)12-21-19(23)14(2)24-16-4-3-9-20-11-16/h3-9,11,14,17H,10,12H2,1-2H3,(H,21,23)/t14-,17+/m0/s1. The Bertz CT molecular complexity index is 744. The maximum atomic E-state index is 12.1. The monoisotopic (exact) mass is 339 g/mol. The van der Waals surface area contributed by atoms with Crippen molar-refractivity contribution >= 4 is 11.6 Å². The highest BCUT2D eigenvalue weighted by molar-refractivity contribution is 6.01. The predicted molar refractivity (Wildman–Crippen MR) is 94.5 cm³/mol. The van der Waals surface area contributed by atoms with Crippen molar-refractivity contribution in [2.24, 2.45) is 5.16 Å². The molecule has 6 nitrogen and oxygen atoms in total. The van der Waals surface area contributed by atoms with Crippen molar-refractivity contribution in [3.63, 3.8) is 0 Å². The van der Waals surface area contributed by atoms with E-state index in [9.17, 15) is 4.79 Å². The zero-order valence-corrected chi connectivity index (χ0v) is 14.3. The Balaban J connectivity index is 1.45. The van der Waals surface area contributed by atoms with Gasteiger partial charge in [0, 0.05) is 12.6 Å². The van der Waals surface area contributed by atoms with E-state index in [-0.39, 0.29) is 12.0 Å². The molecule has 6 heteroatoms. The van der Waals surface area contributed by atoms with Gasteiger partial charge in [-0.2, -0.15) is 0 Å². The highest BCUT2D eigenvalue weighted by atomic mass is 16.6. The Hall–Kier alpha value is -2.89. The van der Waals surface area contributed by atoms with Gasteiger partial charge in [0.1, 0.15) is 11.9 Å². The van der Waals surface area contributed by atoms with Gasteiger partial charge in [-0.3, -0.25) is 9.78 Å². The molecule has 0 fully saturated rings. The molecular formula is C19H21N3O3. The summed E-state index contributed by atoms with van der Waals surface area (Å²) in [4.78, 5) is 21.5. The van der Waals surface area contributed by atoms with Crippen molar-refractivity contribution in [3.8, 4) is 5.75 Å². The first-order valence-corrected chi connectivity index (χ1v) is 8.26. The fraction of sp³-hybridized carbons (Fsp3) is 0.316. The normalized spacial score (nSPS) is 17.4. The number of nitrogens with zero attached hydrogens (tertiary/aromatic N) is 2. The molecule has 2 atom stereocenters. The van der Waals surface area contributed by atoms with Crippen LogP contribution in [0, 0.1) is 6.92 Å². The summed E-state index contributed by atoms with van der Waals surface area (Å²) in [5, 5.41) is 6.98. The number of aromatic nitrogens is 1. The Labute approximate surface area is 146 Å². The van der Waals surface area contributed by atoms with E-state index < -0.39 is 6.10 Å². The van der Waals surface area contributed by atoms with Crippen molar-refractivity contribution < 1.29 is 14.4 Å². The molecule has 0 saturated heterocycles. The van der Waals surface area contributed by atoms with Crippen LogP contribution in [-0.4, -0.2) is 35.4 Å². The van der Waals surface area contributed by atoms with Crippen LogP contribution in [0.4, 0.5) is 0 Å². The van der Waals surface area contributed by atoms with Crippen molar-refractivity contribution in [2.75, 3.05) is 6.54 Å². The van der Waals surface area contributed by atoms with Crippen LogP contribution in [0.1, 0.15) is 24.5 Å². The van der Waals surface area contributed by atoms with Crippen molar-refractivity contribution in [3.05, 3.63) is 59.9 Å². The third-order valence-electron chi connectivity index (χ3n) is 3.94. The summed E-state index contributed by atoms with van der Waals surface area (Å²) in [5.74, 6) is 0.364.